The number of aliphatic hydroxyl groups is 8. The molecule has 0 aromatic rings. The van der Waals surface area contributed by atoms with Crippen molar-refractivity contribution in [2.24, 2.45) is 0 Å². The third-order valence-electron chi connectivity index (χ3n) is 9.00. The number of aliphatic hydroxyl groups excluding tert-OH is 8. The zero-order valence-corrected chi connectivity index (χ0v) is 30.2. The van der Waals surface area contributed by atoms with Crippen molar-refractivity contribution in [3.05, 3.63) is 0 Å². The summed E-state index contributed by atoms with van der Waals surface area (Å²) in [6, 6.07) is -0.965. The largest absolute Gasteiger partial charge is 0.480 e. The molecule has 1 fully saturated rings. The van der Waals surface area contributed by atoms with Gasteiger partial charge in [0.25, 0.3) is 0 Å². The lowest BCUT2D eigenvalue weighted by Crippen LogP contribution is -2.61. The highest BCUT2D eigenvalue weighted by atomic mass is 17.1. The Hall–Kier alpha value is -1.41. The van der Waals surface area contributed by atoms with E-state index in [1.165, 1.54) is 0 Å². The standard InChI is InChI=1S/C30H62N4O20/c35-18-22(38)28(54-30-27(42)26(41)25(40)23(19-36)53-30)24(39)21(37)17-31-4-2-1-3-20(29(43)44)34(7-5-32(9-13-49-45)10-14-50-46)8-6-33(11-15-51-47)12-16-52-48/h20-28,30-31,35-42,45-48H,1-19H2,(H,43,44). The van der Waals surface area contributed by atoms with Gasteiger partial charge in [-0.05, 0) is 19.4 Å². The molecule has 1 rings (SSSR count). The number of hydrogen-bond acceptors (Lipinski definition) is 23. The number of carboxylic acids is 1. The van der Waals surface area contributed by atoms with Gasteiger partial charge >= 0.3 is 5.97 Å². The Morgan fingerprint density at radius 2 is 1.22 bits per heavy atom. The summed E-state index contributed by atoms with van der Waals surface area (Å²) < 4.78 is 10.7. The Bertz CT molecular complexity index is 896. The van der Waals surface area contributed by atoms with Crippen LogP contribution in [0.25, 0.3) is 0 Å². The maximum absolute atomic E-state index is 12.5. The Balaban J connectivity index is 2.85. The van der Waals surface area contributed by atoms with E-state index in [1.807, 2.05) is 0 Å². The molecule has 54 heavy (non-hydrogen) atoms. The molecule has 0 radical (unpaired) electrons. The summed E-state index contributed by atoms with van der Waals surface area (Å²) in [4.78, 5) is 34.5. The van der Waals surface area contributed by atoms with E-state index in [4.69, 9.17) is 30.5 Å². The van der Waals surface area contributed by atoms with Crippen LogP contribution in [0, 0.1) is 0 Å². The number of carbonyl (C=O) groups is 1. The molecular weight excluding hydrogens is 736 g/mol. The first-order valence-electron chi connectivity index (χ1n) is 17.7. The summed E-state index contributed by atoms with van der Waals surface area (Å²) in [5.74, 6) is -1.10. The van der Waals surface area contributed by atoms with Crippen LogP contribution in [0.2, 0.25) is 0 Å². The number of nitrogens with one attached hydrogen (secondary N) is 1. The van der Waals surface area contributed by atoms with Gasteiger partial charge in [-0.3, -0.25) is 40.5 Å². The van der Waals surface area contributed by atoms with Crippen LogP contribution in [-0.4, -0.2) is 254 Å². The van der Waals surface area contributed by atoms with Gasteiger partial charge in [-0.1, -0.05) is 6.42 Å². The highest BCUT2D eigenvalue weighted by Gasteiger charge is 2.46. The number of rotatable bonds is 34. The van der Waals surface area contributed by atoms with Crippen molar-refractivity contribution in [2.45, 2.75) is 80.4 Å². The molecule has 14 N–H and O–H groups in total. The summed E-state index contributed by atoms with van der Waals surface area (Å²) in [5, 5.41) is 129. The van der Waals surface area contributed by atoms with Crippen molar-refractivity contribution in [1.29, 1.82) is 0 Å². The second kappa shape index (κ2) is 29.8. The number of ether oxygens (including phenoxy) is 2. The minimum absolute atomic E-state index is 0.0451. The van der Waals surface area contributed by atoms with E-state index < -0.39 is 80.3 Å². The first-order chi connectivity index (χ1) is 25.9. The van der Waals surface area contributed by atoms with Crippen LogP contribution in [-0.2, 0) is 33.8 Å². The molecule has 24 heteroatoms. The molecule has 10 unspecified atom stereocenters. The summed E-state index contributed by atoms with van der Waals surface area (Å²) in [6.07, 6.45) is -14.5. The van der Waals surface area contributed by atoms with E-state index in [0.717, 1.165) is 0 Å². The van der Waals surface area contributed by atoms with Gasteiger partial charge in [0, 0.05) is 58.9 Å². The number of unbranched alkanes of at least 4 members (excludes halogenated alkanes) is 1. The zero-order valence-electron chi connectivity index (χ0n) is 30.2. The van der Waals surface area contributed by atoms with Gasteiger partial charge in [0.1, 0.15) is 48.8 Å². The van der Waals surface area contributed by atoms with E-state index in [2.05, 4.69) is 24.9 Å². The van der Waals surface area contributed by atoms with Gasteiger partial charge in [-0.2, -0.15) is 0 Å². The van der Waals surface area contributed by atoms with Crippen LogP contribution >= 0.6 is 0 Å². The quantitative estimate of drug-likeness (QED) is 0.0164. The minimum Gasteiger partial charge on any atom is -0.480 e. The third-order valence-corrected chi connectivity index (χ3v) is 9.00. The molecule has 10 atom stereocenters. The van der Waals surface area contributed by atoms with Gasteiger partial charge in [-0.25, -0.2) is 19.6 Å². The molecule has 0 aromatic carbocycles. The van der Waals surface area contributed by atoms with E-state index in [-0.39, 0.29) is 85.2 Å². The van der Waals surface area contributed by atoms with Crippen LogP contribution in [0.15, 0.2) is 0 Å². The summed E-state index contributed by atoms with van der Waals surface area (Å²) in [7, 11) is 0. The fourth-order valence-corrected chi connectivity index (χ4v) is 5.79. The van der Waals surface area contributed by atoms with Crippen LogP contribution in [0.5, 0.6) is 0 Å². The van der Waals surface area contributed by atoms with Gasteiger partial charge in [-0.15, -0.1) is 0 Å². The maximum atomic E-state index is 12.5. The van der Waals surface area contributed by atoms with Gasteiger partial charge in [0.15, 0.2) is 6.29 Å². The van der Waals surface area contributed by atoms with Crippen LogP contribution < -0.4 is 5.32 Å². The molecule has 0 aliphatic carbocycles. The van der Waals surface area contributed by atoms with Crippen LogP contribution in [0.1, 0.15) is 19.3 Å². The molecule has 1 heterocycles. The van der Waals surface area contributed by atoms with Crippen LogP contribution in [0.3, 0.4) is 0 Å². The van der Waals surface area contributed by atoms with Crippen molar-refractivity contribution < 1.29 is 101 Å². The van der Waals surface area contributed by atoms with E-state index in [1.54, 1.807) is 14.7 Å². The van der Waals surface area contributed by atoms with Crippen LogP contribution in [0.4, 0.5) is 0 Å². The fourth-order valence-electron chi connectivity index (χ4n) is 5.79. The predicted octanol–water partition coefficient (Wildman–Crippen LogP) is -5.68. The third kappa shape index (κ3) is 18.7. The average Bonchev–Trinajstić information content (AvgIpc) is 3.17. The van der Waals surface area contributed by atoms with Gasteiger partial charge in [0.2, 0.25) is 0 Å². The molecule has 0 saturated carbocycles. The smallest absolute Gasteiger partial charge is 0.320 e. The molecule has 0 amide bonds. The average molecular weight is 799 g/mol. The van der Waals surface area contributed by atoms with Crippen molar-refractivity contribution in [3.8, 4) is 0 Å². The van der Waals surface area contributed by atoms with E-state index in [9.17, 15) is 50.8 Å². The Kier molecular flexibility index (Phi) is 27.9. The SMILES string of the molecule is O=C(O)C(CCCCNCC(O)C(O)C(OC1OC(CO)C(O)C(O)C1O)C(O)CO)N(CCN(CCOO)CCOO)CCN(CCOO)CCOO. The van der Waals surface area contributed by atoms with E-state index in [0.29, 0.717) is 25.9 Å². The molecule has 1 saturated heterocycles. The number of hydrogen-bond donors (Lipinski definition) is 14. The fraction of sp³-hybridized carbons (Fsp3) is 0.967. The van der Waals surface area contributed by atoms with Crippen molar-refractivity contribution >= 4 is 5.97 Å². The minimum atomic E-state index is -1.87. The molecule has 0 bridgehead atoms. The molecule has 0 spiro atoms. The van der Waals surface area contributed by atoms with E-state index >= 15 is 0 Å². The first kappa shape index (κ1) is 50.6. The first-order valence-corrected chi connectivity index (χ1v) is 17.7. The number of carboxylic acid groups (broad SMARTS) is 1. The summed E-state index contributed by atoms with van der Waals surface area (Å²) >= 11 is 0. The molecule has 1 aliphatic rings. The molecule has 24 nitrogen and oxygen atoms in total. The van der Waals surface area contributed by atoms with Crippen molar-refractivity contribution in [1.82, 2.24) is 20.0 Å². The molecule has 0 aromatic heterocycles. The Morgan fingerprint density at radius 1 is 0.704 bits per heavy atom. The number of aliphatic carboxylic acids is 1. The van der Waals surface area contributed by atoms with Gasteiger partial charge in [0.05, 0.1) is 45.7 Å². The predicted molar refractivity (Wildman–Crippen MR) is 181 cm³/mol. The zero-order chi connectivity index (χ0) is 40.5. The second-order valence-corrected chi connectivity index (χ2v) is 12.7. The molecule has 322 valence electrons. The molecular formula is C30H62N4O20. The summed E-state index contributed by atoms with van der Waals surface area (Å²) in [6.45, 7) is 0.244. The lowest BCUT2D eigenvalue weighted by atomic mass is 9.98. The lowest BCUT2D eigenvalue weighted by molar-refractivity contribution is -0.327. The van der Waals surface area contributed by atoms with Gasteiger partial charge < -0.3 is 60.7 Å². The Morgan fingerprint density at radius 3 is 1.67 bits per heavy atom. The topological polar surface area (TPSA) is 357 Å². The maximum Gasteiger partial charge on any atom is 0.320 e. The highest BCUT2D eigenvalue weighted by Crippen LogP contribution is 2.25. The summed E-state index contributed by atoms with van der Waals surface area (Å²) in [5.41, 5.74) is 0. The highest BCUT2D eigenvalue weighted by molar-refractivity contribution is 5.73. The Labute approximate surface area is 312 Å². The molecule has 1 aliphatic heterocycles. The normalized spacial score (nSPS) is 23.6. The number of nitrogens with zero attached hydrogens (tertiary/aromatic N) is 3. The van der Waals surface area contributed by atoms with Crippen molar-refractivity contribution in [2.75, 3.05) is 105 Å². The lowest BCUT2D eigenvalue weighted by Gasteiger charge is -2.42. The van der Waals surface area contributed by atoms with Crippen molar-refractivity contribution in [3.63, 3.8) is 0 Å². The monoisotopic (exact) mass is 798 g/mol. The second-order valence-electron chi connectivity index (χ2n) is 12.7.